The zero-order valence-electron chi connectivity index (χ0n) is 27.2. The molecule has 232 valence electrons. The molecule has 5 nitrogen and oxygen atoms in total. The zero-order valence-corrected chi connectivity index (χ0v) is 28.1. The predicted molar refractivity (Wildman–Crippen MR) is 165 cm³/mol. The van der Waals surface area contributed by atoms with Crippen LogP contribution in [-0.2, 0) is 13.6 Å². The lowest BCUT2D eigenvalue weighted by Gasteiger charge is -2.39. The number of quaternary nitrogens is 1. The first-order valence-electron chi connectivity index (χ1n) is 16.7. The van der Waals surface area contributed by atoms with E-state index in [1.807, 2.05) is 0 Å². The van der Waals surface area contributed by atoms with Gasteiger partial charge in [-0.1, -0.05) is 120 Å². The Morgan fingerprint density at radius 3 is 1.11 bits per heavy atom. The Labute approximate surface area is 240 Å². The van der Waals surface area contributed by atoms with Crippen molar-refractivity contribution >= 4 is 7.82 Å². The van der Waals surface area contributed by atoms with Crippen molar-refractivity contribution in [2.75, 3.05) is 39.4 Å². The Balaban J connectivity index is 0. The Morgan fingerprint density at radius 2 is 0.868 bits per heavy atom. The summed E-state index contributed by atoms with van der Waals surface area (Å²) in [5.74, 6) is 1.09. The third-order valence-corrected chi connectivity index (χ3v) is 9.04. The molecule has 0 aromatic carbocycles. The fourth-order valence-electron chi connectivity index (χ4n) is 5.27. The van der Waals surface area contributed by atoms with Crippen molar-refractivity contribution < 1.29 is 23.0 Å². The van der Waals surface area contributed by atoms with Gasteiger partial charge in [0.25, 0.3) is 7.82 Å². The van der Waals surface area contributed by atoms with Crippen molar-refractivity contribution in [2.45, 2.75) is 158 Å². The molecule has 0 N–H and O–H groups in total. The van der Waals surface area contributed by atoms with Gasteiger partial charge in [-0.25, -0.2) is 0 Å². The number of hydrogen-bond acceptors (Lipinski definition) is 4. The van der Waals surface area contributed by atoms with Crippen LogP contribution < -0.4 is 4.89 Å². The molecule has 0 fully saturated rings. The fourth-order valence-corrected chi connectivity index (χ4v) is 6.00. The molecule has 0 bridgehead atoms. The predicted octanol–water partition coefficient (Wildman–Crippen LogP) is 9.92. The van der Waals surface area contributed by atoms with Gasteiger partial charge in [0.2, 0.25) is 0 Å². The van der Waals surface area contributed by atoms with Gasteiger partial charge in [0.1, 0.15) is 0 Å². The largest absolute Gasteiger partial charge is 0.756 e. The minimum atomic E-state index is -4.11. The van der Waals surface area contributed by atoms with Crippen LogP contribution in [0.15, 0.2) is 0 Å². The number of phosphoric ester groups is 1. The molecular formula is C32H70NO4P. The van der Waals surface area contributed by atoms with Gasteiger partial charge in [-0.2, -0.15) is 0 Å². The number of phosphoric acid groups is 1. The second kappa shape index (κ2) is 27.3. The highest BCUT2D eigenvalue weighted by atomic mass is 31.2. The molecule has 0 saturated heterocycles. The molecule has 0 spiro atoms. The Morgan fingerprint density at radius 1 is 0.553 bits per heavy atom. The van der Waals surface area contributed by atoms with E-state index >= 15 is 0 Å². The van der Waals surface area contributed by atoms with Crippen molar-refractivity contribution in [3.63, 3.8) is 0 Å². The quantitative estimate of drug-likeness (QED) is 0.0776. The highest BCUT2D eigenvalue weighted by Gasteiger charge is 2.24. The van der Waals surface area contributed by atoms with Crippen LogP contribution in [-0.4, -0.2) is 43.9 Å². The van der Waals surface area contributed by atoms with Crippen LogP contribution in [0.4, 0.5) is 0 Å². The van der Waals surface area contributed by atoms with Gasteiger partial charge in [-0.3, -0.25) is 4.57 Å². The molecule has 0 aromatic heterocycles. The molecule has 2 atom stereocenters. The second-order valence-electron chi connectivity index (χ2n) is 11.5. The average molecular weight is 564 g/mol. The van der Waals surface area contributed by atoms with E-state index < -0.39 is 7.82 Å². The van der Waals surface area contributed by atoms with Gasteiger partial charge in [0.15, 0.2) is 0 Å². The van der Waals surface area contributed by atoms with Crippen LogP contribution in [0.3, 0.4) is 0 Å². The molecule has 0 aliphatic heterocycles. The molecule has 0 aliphatic carbocycles. The molecule has 38 heavy (non-hydrogen) atoms. The lowest BCUT2D eigenvalue weighted by Crippen LogP contribution is -2.50. The summed E-state index contributed by atoms with van der Waals surface area (Å²) in [6.45, 7) is 24.1. The van der Waals surface area contributed by atoms with E-state index in [2.05, 4.69) is 55.4 Å². The van der Waals surface area contributed by atoms with E-state index in [-0.39, 0.29) is 13.2 Å². The monoisotopic (exact) mass is 564 g/mol. The molecule has 2 unspecified atom stereocenters. The lowest BCUT2D eigenvalue weighted by molar-refractivity contribution is -0.929. The van der Waals surface area contributed by atoms with Crippen LogP contribution in [0.5, 0.6) is 0 Å². The van der Waals surface area contributed by atoms with Crippen LogP contribution in [0.2, 0.25) is 0 Å². The molecular weight excluding hydrogens is 493 g/mol. The van der Waals surface area contributed by atoms with Gasteiger partial charge < -0.3 is 18.4 Å². The first kappa shape index (κ1) is 40.2. The highest BCUT2D eigenvalue weighted by molar-refractivity contribution is 7.45. The van der Waals surface area contributed by atoms with Gasteiger partial charge in [-0.15, -0.1) is 0 Å². The summed E-state index contributed by atoms with van der Waals surface area (Å²) >= 11 is 0. The maximum absolute atomic E-state index is 11.7. The van der Waals surface area contributed by atoms with Crippen LogP contribution in [0.25, 0.3) is 0 Å². The Kier molecular flexibility index (Phi) is 28.8. The van der Waals surface area contributed by atoms with Crippen molar-refractivity contribution in [3.8, 4) is 0 Å². The van der Waals surface area contributed by atoms with Crippen molar-refractivity contribution in [3.05, 3.63) is 0 Å². The van der Waals surface area contributed by atoms with Gasteiger partial charge in [0, 0.05) is 0 Å². The number of unbranched alkanes of at least 4 members (excludes halogenated alkanes) is 4. The standard InChI is InChI=1S/C16H36N.C16H35O4P/c1-5-9-13-17(14-10-6-2,15-11-7-3)16-12-8-4;1-5-9-15(7-3)11-13-19-21(17,18)20-14-12-16(8-4)10-6-2/h5-16H2,1-4H3;15-16H,5-14H2,1-4H3,(H,17,18)/q+1;/p-1. The van der Waals surface area contributed by atoms with E-state index in [0.29, 0.717) is 11.8 Å². The van der Waals surface area contributed by atoms with E-state index in [0.717, 1.165) is 51.4 Å². The van der Waals surface area contributed by atoms with Gasteiger partial charge >= 0.3 is 0 Å². The first-order valence-corrected chi connectivity index (χ1v) is 18.1. The molecule has 0 saturated carbocycles. The molecule has 6 heteroatoms. The smallest absolute Gasteiger partial charge is 0.267 e. The molecule has 0 amide bonds. The first-order chi connectivity index (χ1) is 18.2. The van der Waals surface area contributed by atoms with Crippen LogP contribution in [0.1, 0.15) is 158 Å². The summed E-state index contributed by atoms with van der Waals surface area (Å²) in [6, 6.07) is 0. The molecule has 0 radical (unpaired) electrons. The summed E-state index contributed by atoms with van der Waals surface area (Å²) in [5, 5.41) is 0. The third-order valence-electron chi connectivity index (χ3n) is 8.04. The topological polar surface area (TPSA) is 58.6 Å². The number of nitrogens with zero attached hydrogens (tertiary/aromatic N) is 1. The number of rotatable bonds is 26. The summed E-state index contributed by atoms with van der Waals surface area (Å²) in [4.78, 5) is 11.7. The van der Waals surface area contributed by atoms with Crippen molar-refractivity contribution in [2.24, 2.45) is 11.8 Å². The van der Waals surface area contributed by atoms with E-state index in [4.69, 9.17) is 9.05 Å². The Hall–Kier alpha value is 0.0700. The minimum Gasteiger partial charge on any atom is -0.756 e. The van der Waals surface area contributed by atoms with Crippen molar-refractivity contribution in [1.82, 2.24) is 0 Å². The summed E-state index contributed by atoms with van der Waals surface area (Å²) in [7, 11) is -4.11. The molecule has 0 heterocycles. The van der Waals surface area contributed by atoms with Crippen LogP contribution in [0, 0.1) is 11.8 Å². The minimum absolute atomic E-state index is 0.242. The average Bonchev–Trinajstić information content (AvgIpc) is 2.91. The summed E-state index contributed by atoms with van der Waals surface area (Å²) < 4.78 is 23.0. The molecule has 0 rings (SSSR count). The van der Waals surface area contributed by atoms with Gasteiger partial charge in [0.05, 0.1) is 39.4 Å². The number of hydrogen-bond donors (Lipinski definition) is 0. The molecule has 0 aliphatic rings. The van der Waals surface area contributed by atoms with E-state index in [9.17, 15) is 9.46 Å². The van der Waals surface area contributed by atoms with Crippen LogP contribution >= 0.6 is 7.82 Å². The maximum atomic E-state index is 11.7. The fraction of sp³-hybridized carbons (Fsp3) is 1.00. The lowest BCUT2D eigenvalue weighted by atomic mass is 9.98. The highest BCUT2D eigenvalue weighted by Crippen LogP contribution is 2.39. The van der Waals surface area contributed by atoms with Gasteiger partial charge in [-0.05, 0) is 50.4 Å². The Bertz CT molecular complexity index is 470. The summed E-state index contributed by atoms with van der Waals surface area (Å²) in [6.07, 6.45) is 19.3. The zero-order chi connectivity index (χ0) is 29.1. The van der Waals surface area contributed by atoms with E-state index in [1.165, 1.54) is 82.0 Å². The SMILES string of the molecule is CCCC(CC)CCOP(=O)([O-])OCCC(CC)CCC.CCCC[N+](CCCC)(CCCC)CCCC. The third kappa shape index (κ3) is 22.8. The second-order valence-corrected chi connectivity index (χ2v) is 12.9. The molecule has 0 aromatic rings. The summed E-state index contributed by atoms with van der Waals surface area (Å²) in [5.41, 5.74) is 0. The normalized spacial score (nSPS) is 15.0. The van der Waals surface area contributed by atoms with E-state index in [1.54, 1.807) is 0 Å². The maximum Gasteiger partial charge on any atom is 0.267 e. The van der Waals surface area contributed by atoms with Crippen molar-refractivity contribution in [1.29, 1.82) is 0 Å².